The smallest absolute Gasteiger partial charge is 0.245 e. The molecule has 0 radical (unpaired) electrons. The Morgan fingerprint density at radius 3 is 2.75 bits per heavy atom. The SMILES string of the molecule is O=C(CC1(c2ccc(-c3ccc(-c4cnco4)cc3)s2)CCNCCS1(=O)=O)NOC1CCCCO1. The van der Waals surface area contributed by atoms with Crippen LogP contribution in [0.5, 0.6) is 0 Å². The topological polar surface area (TPSA) is 120 Å². The van der Waals surface area contributed by atoms with Gasteiger partial charge < -0.3 is 14.5 Å². The third kappa shape index (κ3) is 5.25. The van der Waals surface area contributed by atoms with E-state index in [0.717, 1.165) is 28.8 Å². The molecule has 192 valence electrons. The Morgan fingerprint density at radius 1 is 1.17 bits per heavy atom. The van der Waals surface area contributed by atoms with E-state index in [9.17, 15) is 13.2 Å². The van der Waals surface area contributed by atoms with Crippen LogP contribution in [0.2, 0.25) is 0 Å². The second kappa shape index (κ2) is 10.8. The Hall–Kier alpha value is -2.57. The lowest BCUT2D eigenvalue weighted by Gasteiger charge is -2.31. The fourth-order valence-corrected chi connectivity index (χ4v) is 8.23. The first-order valence-corrected chi connectivity index (χ1v) is 14.5. The summed E-state index contributed by atoms with van der Waals surface area (Å²) in [4.78, 5) is 23.9. The molecular weight excluding hydrogens is 502 g/mol. The number of hydrogen-bond donors (Lipinski definition) is 2. The highest BCUT2D eigenvalue weighted by molar-refractivity contribution is 7.92. The van der Waals surface area contributed by atoms with Crippen molar-refractivity contribution in [2.75, 3.05) is 25.4 Å². The van der Waals surface area contributed by atoms with E-state index in [1.807, 2.05) is 36.4 Å². The predicted octanol–water partition coefficient (Wildman–Crippen LogP) is 3.64. The van der Waals surface area contributed by atoms with Gasteiger partial charge in [0.1, 0.15) is 4.75 Å². The van der Waals surface area contributed by atoms with Gasteiger partial charge in [-0.1, -0.05) is 24.3 Å². The van der Waals surface area contributed by atoms with Crippen LogP contribution in [0.25, 0.3) is 21.8 Å². The first-order chi connectivity index (χ1) is 17.5. The van der Waals surface area contributed by atoms with Crippen LogP contribution in [-0.2, 0) is 29.0 Å². The third-order valence-electron chi connectivity index (χ3n) is 6.68. The largest absolute Gasteiger partial charge is 0.444 e. The second-order valence-corrected chi connectivity index (χ2v) is 12.5. The highest BCUT2D eigenvalue weighted by Gasteiger charge is 2.48. The number of nitrogens with one attached hydrogen (secondary N) is 2. The van der Waals surface area contributed by atoms with Crippen molar-refractivity contribution >= 4 is 27.1 Å². The number of thiophene rings is 1. The molecule has 0 bridgehead atoms. The van der Waals surface area contributed by atoms with Gasteiger partial charge >= 0.3 is 0 Å². The Morgan fingerprint density at radius 2 is 2.00 bits per heavy atom. The number of oxazole rings is 1. The Balaban J connectivity index is 1.39. The number of rotatable bonds is 7. The van der Waals surface area contributed by atoms with Crippen molar-refractivity contribution in [1.82, 2.24) is 15.8 Å². The second-order valence-electron chi connectivity index (χ2n) is 9.04. The molecule has 0 spiro atoms. The van der Waals surface area contributed by atoms with Crippen LogP contribution in [0.15, 0.2) is 53.4 Å². The molecule has 2 saturated heterocycles. The molecule has 1 aromatic carbocycles. The quantitative estimate of drug-likeness (QED) is 0.444. The van der Waals surface area contributed by atoms with Gasteiger partial charge in [-0.15, -0.1) is 11.3 Å². The average Bonchev–Trinajstić information content (AvgIpc) is 3.58. The van der Waals surface area contributed by atoms with Crippen molar-refractivity contribution in [2.24, 2.45) is 0 Å². The van der Waals surface area contributed by atoms with Crippen molar-refractivity contribution in [3.05, 3.63) is 53.9 Å². The lowest BCUT2D eigenvalue weighted by atomic mass is 9.97. The van der Waals surface area contributed by atoms with E-state index in [2.05, 4.69) is 15.8 Å². The van der Waals surface area contributed by atoms with Crippen molar-refractivity contribution in [1.29, 1.82) is 0 Å². The molecule has 2 atom stereocenters. The summed E-state index contributed by atoms with van der Waals surface area (Å²) in [6.45, 7) is 1.44. The molecule has 2 N–H and O–H groups in total. The van der Waals surface area contributed by atoms with Crippen LogP contribution in [0.4, 0.5) is 0 Å². The van der Waals surface area contributed by atoms with Crippen molar-refractivity contribution in [3.8, 4) is 21.8 Å². The van der Waals surface area contributed by atoms with Crippen LogP contribution in [0.1, 0.15) is 37.0 Å². The molecule has 1 amide bonds. The van der Waals surface area contributed by atoms with E-state index in [-0.39, 0.29) is 12.2 Å². The molecule has 2 aliphatic rings. The molecule has 9 nitrogen and oxygen atoms in total. The van der Waals surface area contributed by atoms with Crippen LogP contribution < -0.4 is 10.8 Å². The van der Waals surface area contributed by atoms with Crippen molar-refractivity contribution in [2.45, 2.75) is 43.1 Å². The van der Waals surface area contributed by atoms with Gasteiger partial charge in [-0.3, -0.25) is 4.79 Å². The maximum absolute atomic E-state index is 13.6. The zero-order chi connectivity index (χ0) is 25.0. The van der Waals surface area contributed by atoms with Gasteiger partial charge in [0, 0.05) is 34.9 Å². The van der Waals surface area contributed by atoms with E-state index in [1.165, 1.54) is 17.7 Å². The number of benzene rings is 1. The number of carbonyl (C=O) groups is 1. The summed E-state index contributed by atoms with van der Waals surface area (Å²) in [5.74, 6) is 0.170. The number of nitrogens with zero attached hydrogens (tertiary/aromatic N) is 1. The highest BCUT2D eigenvalue weighted by Crippen LogP contribution is 2.44. The van der Waals surface area contributed by atoms with Crippen molar-refractivity contribution in [3.63, 3.8) is 0 Å². The summed E-state index contributed by atoms with van der Waals surface area (Å²) in [6.07, 6.45) is 5.24. The molecule has 3 aromatic rings. The molecule has 4 heterocycles. The van der Waals surface area contributed by atoms with Gasteiger partial charge in [0.05, 0.1) is 18.4 Å². The Kier molecular flexibility index (Phi) is 7.54. The fraction of sp³-hybridized carbons (Fsp3) is 0.440. The molecule has 2 aromatic heterocycles. The number of ether oxygens (including phenoxy) is 1. The van der Waals surface area contributed by atoms with Crippen LogP contribution >= 0.6 is 11.3 Å². The van der Waals surface area contributed by atoms with Gasteiger partial charge in [0.2, 0.25) is 5.91 Å². The van der Waals surface area contributed by atoms with E-state index < -0.39 is 26.8 Å². The number of amides is 1. The third-order valence-corrected chi connectivity index (χ3v) is 10.6. The van der Waals surface area contributed by atoms with Crippen LogP contribution in [0, 0.1) is 0 Å². The van der Waals surface area contributed by atoms with Crippen molar-refractivity contribution < 1.29 is 27.2 Å². The molecule has 5 rings (SSSR count). The minimum absolute atomic E-state index is 0.0357. The molecule has 11 heteroatoms. The zero-order valence-electron chi connectivity index (χ0n) is 19.8. The molecule has 2 unspecified atom stereocenters. The summed E-state index contributed by atoms with van der Waals surface area (Å²) in [5.41, 5.74) is 4.31. The number of hydroxylamine groups is 1. The Labute approximate surface area is 214 Å². The lowest BCUT2D eigenvalue weighted by molar-refractivity contribution is -0.200. The first-order valence-electron chi connectivity index (χ1n) is 12.1. The monoisotopic (exact) mass is 531 g/mol. The fourth-order valence-electron chi connectivity index (χ4n) is 4.66. The summed E-state index contributed by atoms with van der Waals surface area (Å²) < 4.78 is 36.7. The minimum Gasteiger partial charge on any atom is -0.444 e. The highest BCUT2D eigenvalue weighted by atomic mass is 32.2. The van der Waals surface area contributed by atoms with Gasteiger partial charge in [-0.25, -0.2) is 23.7 Å². The van der Waals surface area contributed by atoms with Gasteiger partial charge in [-0.2, -0.15) is 0 Å². The lowest BCUT2D eigenvalue weighted by Crippen LogP contribution is -2.43. The minimum atomic E-state index is -3.64. The predicted molar refractivity (Wildman–Crippen MR) is 136 cm³/mol. The molecule has 2 aliphatic heterocycles. The summed E-state index contributed by atoms with van der Waals surface area (Å²) >= 11 is 1.41. The molecule has 0 saturated carbocycles. The number of sulfone groups is 1. The molecule has 0 aliphatic carbocycles. The zero-order valence-corrected chi connectivity index (χ0v) is 21.4. The Bertz CT molecular complexity index is 1270. The van der Waals surface area contributed by atoms with Gasteiger partial charge in [-0.05, 0) is 43.5 Å². The van der Waals surface area contributed by atoms with Gasteiger partial charge in [0.15, 0.2) is 28.3 Å². The van der Waals surface area contributed by atoms with E-state index in [1.54, 1.807) is 6.20 Å². The maximum Gasteiger partial charge on any atom is 0.245 e. The first kappa shape index (κ1) is 25.1. The summed E-state index contributed by atoms with van der Waals surface area (Å²) in [7, 11) is -3.64. The standard InChI is InChI=1S/C25H29N3O6S2/c29-23(28-34-24-3-1-2-13-32-24)15-25(10-11-26-12-14-36(25,30)31)22-9-8-21(35-22)19-6-4-18(5-7-19)20-16-27-17-33-20/h4-9,16-17,24,26H,1-3,10-15H2,(H,28,29). The normalized spacial score (nSPS) is 24.2. The summed E-state index contributed by atoms with van der Waals surface area (Å²) in [6, 6.07) is 11.6. The molecule has 36 heavy (non-hydrogen) atoms. The van der Waals surface area contributed by atoms with Gasteiger partial charge in [0.25, 0.3) is 0 Å². The van der Waals surface area contributed by atoms with E-state index >= 15 is 0 Å². The van der Waals surface area contributed by atoms with Crippen LogP contribution in [0.3, 0.4) is 0 Å². The number of carbonyl (C=O) groups excluding carboxylic acids is 1. The molecule has 2 fully saturated rings. The number of aromatic nitrogens is 1. The van der Waals surface area contributed by atoms with E-state index in [0.29, 0.717) is 43.2 Å². The summed E-state index contributed by atoms with van der Waals surface area (Å²) in [5, 5.41) is 3.17. The van der Waals surface area contributed by atoms with E-state index in [4.69, 9.17) is 14.0 Å². The maximum atomic E-state index is 13.6. The number of hydrogen-bond acceptors (Lipinski definition) is 9. The molecular formula is C25H29N3O6S2. The van der Waals surface area contributed by atoms with Crippen LogP contribution in [-0.4, -0.2) is 51.0 Å². The average molecular weight is 532 g/mol.